The zero-order valence-electron chi connectivity index (χ0n) is 21.9. The Balaban J connectivity index is 1.48. The van der Waals surface area contributed by atoms with Crippen LogP contribution in [-0.2, 0) is 0 Å². The standard InChI is InChI=1S/C27H34ClFN6OS/c1-18-17-30-26(32-19-6-8-24(21(29)14-19)35-12-10-34(5)11-13-35)16-22(18)31-20-7-9-25(36-28)23(15-20)33-37-27(2,3)4/h6-9,14-17,33H,10-13H2,1-5H3,(H2,30,31,32). The van der Waals surface area contributed by atoms with Crippen molar-refractivity contribution in [2.45, 2.75) is 32.4 Å². The Morgan fingerprint density at radius 3 is 2.35 bits per heavy atom. The summed E-state index contributed by atoms with van der Waals surface area (Å²) < 4.78 is 23.3. The van der Waals surface area contributed by atoms with E-state index >= 15 is 0 Å². The van der Waals surface area contributed by atoms with Gasteiger partial charge in [0.15, 0.2) is 5.75 Å². The number of piperazine rings is 1. The van der Waals surface area contributed by atoms with E-state index in [0.717, 1.165) is 48.8 Å². The number of likely N-dealkylation sites (N-methyl/N-ethyl adjacent to an activating group) is 1. The van der Waals surface area contributed by atoms with Gasteiger partial charge in [0, 0.05) is 60.3 Å². The van der Waals surface area contributed by atoms with Crippen LogP contribution in [0.5, 0.6) is 5.75 Å². The zero-order valence-corrected chi connectivity index (χ0v) is 23.4. The monoisotopic (exact) mass is 544 g/mol. The molecule has 198 valence electrons. The number of rotatable bonds is 8. The molecule has 3 N–H and O–H groups in total. The molecule has 0 radical (unpaired) electrons. The second-order valence-corrected chi connectivity index (χ2v) is 12.0. The van der Waals surface area contributed by atoms with E-state index in [-0.39, 0.29) is 10.6 Å². The number of anilines is 6. The second kappa shape index (κ2) is 11.7. The van der Waals surface area contributed by atoms with Crippen LogP contribution in [0, 0.1) is 12.7 Å². The largest absolute Gasteiger partial charge is 0.383 e. The third-order valence-electron chi connectivity index (χ3n) is 5.98. The minimum absolute atomic E-state index is 0.0114. The fourth-order valence-corrected chi connectivity index (χ4v) is 4.59. The minimum Gasteiger partial charge on any atom is -0.383 e. The number of hydrogen-bond donors (Lipinski definition) is 3. The average Bonchev–Trinajstić information content (AvgIpc) is 2.85. The van der Waals surface area contributed by atoms with Gasteiger partial charge in [0.25, 0.3) is 0 Å². The lowest BCUT2D eigenvalue weighted by atomic mass is 10.2. The van der Waals surface area contributed by atoms with E-state index in [1.165, 1.54) is 6.07 Å². The van der Waals surface area contributed by atoms with Crippen LogP contribution in [0.2, 0.25) is 0 Å². The van der Waals surface area contributed by atoms with Gasteiger partial charge in [0.1, 0.15) is 23.5 Å². The second-order valence-electron chi connectivity index (χ2n) is 10.2. The van der Waals surface area contributed by atoms with Gasteiger partial charge in [0.2, 0.25) is 0 Å². The molecule has 3 aromatic rings. The summed E-state index contributed by atoms with van der Waals surface area (Å²) in [6.07, 6.45) is 1.78. The number of pyridine rings is 1. The van der Waals surface area contributed by atoms with E-state index < -0.39 is 0 Å². The van der Waals surface area contributed by atoms with E-state index in [4.69, 9.17) is 16.2 Å². The van der Waals surface area contributed by atoms with Gasteiger partial charge in [-0.3, -0.25) is 0 Å². The number of aryl methyl sites for hydroxylation is 1. The van der Waals surface area contributed by atoms with Crippen LogP contribution in [0.15, 0.2) is 48.7 Å². The molecule has 1 aromatic heterocycles. The SMILES string of the molecule is Cc1cnc(Nc2ccc(N3CCN(C)CC3)c(F)c2)cc1Nc1ccc(OCl)c(NSC(C)(C)C)c1. The predicted octanol–water partition coefficient (Wildman–Crippen LogP) is 7.16. The third-order valence-corrected chi connectivity index (χ3v) is 7.08. The summed E-state index contributed by atoms with van der Waals surface area (Å²) in [5.74, 6) is 0.914. The number of nitrogens with one attached hydrogen (secondary N) is 3. The van der Waals surface area contributed by atoms with Gasteiger partial charge in [-0.1, -0.05) is 0 Å². The maximum absolute atomic E-state index is 14.9. The molecule has 0 saturated carbocycles. The zero-order chi connectivity index (χ0) is 26.6. The van der Waals surface area contributed by atoms with Crippen molar-refractivity contribution in [1.82, 2.24) is 9.88 Å². The summed E-state index contributed by atoms with van der Waals surface area (Å²) in [7, 11) is 2.09. The Kier molecular flexibility index (Phi) is 8.56. The van der Waals surface area contributed by atoms with Crippen molar-refractivity contribution in [2.24, 2.45) is 0 Å². The summed E-state index contributed by atoms with van der Waals surface area (Å²) >= 11 is 7.25. The third kappa shape index (κ3) is 7.34. The molecule has 0 unspecified atom stereocenters. The van der Waals surface area contributed by atoms with Crippen molar-refractivity contribution < 1.29 is 8.68 Å². The van der Waals surface area contributed by atoms with E-state index in [2.05, 4.69) is 58.0 Å². The average molecular weight is 545 g/mol. The molecule has 7 nitrogen and oxygen atoms in total. The molecule has 1 aliphatic rings. The van der Waals surface area contributed by atoms with E-state index in [9.17, 15) is 4.39 Å². The first-order valence-corrected chi connectivity index (χ1v) is 13.3. The summed E-state index contributed by atoms with van der Waals surface area (Å²) in [5.41, 5.74) is 4.75. The fraction of sp³-hybridized carbons (Fsp3) is 0.370. The Bertz CT molecular complexity index is 1230. The molecule has 1 fully saturated rings. The van der Waals surface area contributed by atoms with Crippen molar-refractivity contribution in [1.29, 1.82) is 0 Å². The van der Waals surface area contributed by atoms with Crippen molar-refractivity contribution in [3.63, 3.8) is 0 Å². The van der Waals surface area contributed by atoms with Gasteiger partial charge in [0.05, 0.1) is 11.4 Å². The van der Waals surface area contributed by atoms with Crippen LogP contribution in [0.1, 0.15) is 26.3 Å². The van der Waals surface area contributed by atoms with Crippen LogP contribution in [0.25, 0.3) is 0 Å². The summed E-state index contributed by atoms with van der Waals surface area (Å²) in [6, 6.07) is 12.8. The molecule has 2 aromatic carbocycles. The number of halogens is 2. The van der Waals surface area contributed by atoms with Gasteiger partial charge in [-0.05, 0) is 88.7 Å². The smallest absolute Gasteiger partial charge is 0.170 e. The highest BCUT2D eigenvalue weighted by atomic mass is 35.5. The first-order valence-electron chi connectivity index (χ1n) is 12.2. The van der Waals surface area contributed by atoms with Crippen molar-refractivity contribution in [3.05, 3.63) is 60.0 Å². The quantitative estimate of drug-likeness (QED) is 0.258. The molecule has 1 aliphatic heterocycles. The Labute approximate surface area is 228 Å². The first-order chi connectivity index (χ1) is 17.6. The van der Waals surface area contributed by atoms with Crippen LogP contribution < -0.4 is 24.5 Å². The van der Waals surface area contributed by atoms with Crippen LogP contribution in [0.3, 0.4) is 0 Å². The number of nitrogens with zero attached hydrogens (tertiary/aromatic N) is 3. The molecule has 0 spiro atoms. The Hall–Kier alpha value is -2.88. The maximum Gasteiger partial charge on any atom is 0.170 e. The molecule has 0 bridgehead atoms. The summed E-state index contributed by atoms with van der Waals surface area (Å²) in [4.78, 5) is 8.83. The summed E-state index contributed by atoms with van der Waals surface area (Å²) in [5, 5.41) is 6.67. The van der Waals surface area contributed by atoms with E-state index in [1.54, 1.807) is 24.2 Å². The Morgan fingerprint density at radius 2 is 1.68 bits per heavy atom. The van der Waals surface area contributed by atoms with Gasteiger partial charge in [-0.15, -0.1) is 0 Å². The lowest BCUT2D eigenvalue weighted by molar-refractivity contribution is 0.311. The van der Waals surface area contributed by atoms with Gasteiger partial charge in [-0.25, -0.2) is 9.37 Å². The van der Waals surface area contributed by atoms with Gasteiger partial charge >= 0.3 is 0 Å². The van der Waals surface area contributed by atoms with Gasteiger partial charge in [-0.2, -0.15) is 0 Å². The predicted molar refractivity (Wildman–Crippen MR) is 156 cm³/mol. The van der Waals surface area contributed by atoms with E-state index in [0.29, 0.717) is 22.9 Å². The number of aromatic nitrogens is 1. The first kappa shape index (κ1) is 27.2. The lowest BCUT2D eigenvalue weighted by Crippen LogP contribution is -2.44. The minimum atomic E-state index is -0.241. The molecule has 0 amide bonds. The lowest BCUT2D eigenvalue weighted by Gasteiger charge is -2.34. The molecule has 0 aliphatic carbocycles. The molecule has 2 heterocycles. The van der Waals surface area contributed by atoms with Crippen LogP contribution in [-0.4, -0.2) is 47.9 Å². The highest BCUT2D eigenvalue weighted by molar-refractivity contribution is 8.01. The van der Waals surface area contributed by atoms with Crippen LogP contribution >= 0.6 is 23.8 Å². The molecular weight excluding hydrogens is 511 g/mol. The molecule has 4 rings (SSSR count). The van der Waals surface area contributed by atoms with Crippen molar-refractivity contribution >= 4 is 58.1 Å². The summed E-state index contributed by atoms with van der Waals surface area (Å²) in [6.45, 7) is 11.8. The topological polar surface area (TPSA) is 64.7 Å². The molecule has 10 heteroatoms. The van der Waals surface area contributed by atoms with Crippen molar-refractivity contribution in [3.8, 4) is 5.75 Å². The van der Waals surface area contributed by atoms with E-state index in [1.807, 2.05) is 37.3 Å². The molecule has 1 saturated heterocycles. The molecule has 37 heavy (non-hydrogen) atoms. The van der Waals surface area contributed by atoms with Gasteiger partial charge < -0.3 is 29.4 Å². The van der Waals surface area contributed by atoms with Crippen molar-refractivity contribution in [2.75, 3.05) is 53.5 Å². The maximum atomic E-state index is 14.9. The molecule has 0 atom stereocenters. The highest BCUT2D eigenvalue weighted by Crippen LogP contribution is 2.35. The molecular formula is C27H34ClFN6OS. The number of hydrogen-bond acceptors (Lipinski definition) is 8. The Morgan fingerprint density at radius 1 is 0.973 bits per heavy atom. The van der Waals surface area contributed by atoms with Crippen LogP contribution in [0.4, 0.5) is 38.6 Å². The normalized spacial score (nSPS) is 14.4. The number of benzene rings is 2. The highest BCUT2D eigenvalue weighted by Gasteiger charge is 2.18. The fourth-order valence-electron chi connectivity index (χ4n) is 3.88.